The van der Waals surface area contributed by atoms with Crippen molar-refractivity contribution in [3.8, 4) is 11.5 Å². The van der Waals surface area contributed by atoms with Crippen LogP contribution in [0.2, 0.25) is 0 Å². The molecule has 22 heavy (non-hydrogen) atoms. The number of amides is 1. The quantitative estimate of drug-likeness (QED) is 0.733. The van der Waals surface area contributed by atoms with Crippen LogP contribution in [0, 0.1) is 0 Å². The zero-order valence-corrected chi connectivity index (χ0v) is 12.1. The number of ketones is 1. The largest absolute Gasteiger partial charge is 0.454 e. The number of fused-ring (bicyclic) bond motifs is 4. The maximum Gasteiger partial charge on any atom is 0.413 e. The van der Waals surface area contributed by atoms with Gasteiger partial charge in [0.2, 0.25) is 6.79 Å². The first-order valence-corrected chi connectivity index (χ1v) is 7.19. The highest BCUT2D eigenvalue weighted by molar-refractivity contribution is 5.95. The van der Waals surface area contributed by atoms with E-state index in [1.165, 1.54) is 7.11 Å². The summed E-state index contributed by atoms with van der Waals surface area (Å²) in [6.45, 7) is 0.702. The Morgan fingerprint density at radius 1 is 1.32 bits per heavy atom. The van der Waals surface area contributed by atoms with Crippen molar-refractivity contribution in [3.63, 3.8) is 0 Å². The number of benzene rings is 1. The van der Waals surface area contributed by atoms with E-state index >= 15 is 0 Å². The van der Waals surface area contributed by atoms with Gasteiger partial charge in [-0.05, 0) is 29.7 Å². The van der Waals surface area contributed by atoms with Crippen LogP contribution < -0.4 is 9.47 Å². The van der Waals surface area contributed by atoms with Crippen molar-refractivity contribution in [2.45, 2.75) is 18.8 Å². The molecule has 1 aromatic carbocycles. The zero-order chi connectivity index (χ0) is 15.3. The molecule has 1 unspecified atom stereocenters. The van der Waals surface area contributed by atoms with E-state index in [9.17, 15) is 9.59 Å². The number of ether oxygens (including phenoxy) is 3. The summed E-state index contributed by atoms with van der Waals surface area (Å²) in [4.78, 5) is 25.5. The SMILES string of the molecule is COC(=O)N1CCc2cc3c(cc2C2CC(=O)C=C21)OCO3. The molecular weight excluding hydrogens is 286 g/mol. The predicted molar refractivity (Wildman–Crippen MR) is 75.8 cm³/mol. The second-order valence-electron chi connectivity index (χ2n) is 5.57. The third-order valence-corrected chi connectivity index (χ3v) is 4.39. The van der Waals surface area contributed by atoms with Crippen LogP contribution in [0.5, 0.6) is 11.5 Å². The van der Waals surface area contributed by atoms with Crippen molar-refractivity contribution in [1.29, 1.82) is 0 Å². The van der Waals surface area contributed by atoms with Gasteiger partial charge in [0.25, 0.3) is 0 Å². The monoisotopic (exact) mass is 301 g/mol. The average molecular weight is 301 g/mol. The van der Waals surface area contributed by atoms with Crippen LogP contribution in [-0.2, 0) is 16.0 Å². The summed E-state index contributed by atoms with van der Waals surface area (Å²) >= 11 is 0. The molecule has 2 aliphatic heterocycles. The molecule has 0 saturated heterocycles. The molecule has 0 N–H and O–H groups in total. The third kappa shape index (κ3) is 1.87. The lowest BCUT2D eigenvalue weighted by atomic mass is 9.91. The lowest BCUT2D eigenvalue weighted by Gasteiger charge is -2.23. The number of hydrogen-bond donors (Lipinski definition) is 0. The summed E-state index contributed by atoms with van der Waals surface area (Å²) in [5.74, 6) is 1.32. The summed E-state index contributed by atoms with van der Waals surface area (Å²) in [6, 6.07) is 3.90. The van der Waals surface area contributed by atoms with Gasteiger partial charge >= 0.3 is 6.09 Å². The Kier molecular flexibility index (Phi) is 2.85. The third-order valence-electron chi connectivity index (χ3n) is 4.39. The van der Waals surface area contributed by atoms with E-state index in [2.05, 4.69) is 0 Å². The van der Waals surface area contributed by atoms with Gasteiger partial charge in [-0.2, -0.15) is 0 Å². The van der Waals surface area contributed by atoms with Gasteiger partial charge in [-0.15, -0.1) is 0 Å². The van der Waals surface area contributed by atoms with Crippen LogP contribution in [0.1, 0.15) is 23.5 Å². The number of rotatable bonds is 0. The van der Waals surface area contributed by atoms with Crippen molar-refractivity contribution in [3.05, 3.63) is 35.0 Å². The van der Waals surface area contributed by atoms with Gasteiger partial charge in [0, 0.05) is 30.7 Å². The van der Waals surface area contributed by atoms with Gasteiger partial charge in [-0.1, -0.05) is 0 Å². The Balaban J connectivity index is 1.82. The fraction of sp³-hybridized carbons (Fsp3) is 0.375. The molecule has 0 aromatic heterocycles. The zero-order valence-electron chi connectivity index (χ0n) is 12.1. The highest BCUT2D eigenvalue weighted by Gasteiger charge is 2.37. The number of carbonyl (C=O) groups is 2. The van der Waals surface area contributed by atoms with Crippen molar-refractivity contribution < 1.29 is 23.8 Å². The molecule has 1 aliphatic carbocycles. The summed E-state index contributed by atoms with van der Waals surface area (Å²) in [5, 5.41) is 0. The molecule has 1 aromatic rings. The molecule has 2 heterocycles. The molecule has 0 bridgehead atoms. The molecule has 1 atom stereocenters. The van der Waals surface area contributed by atoms with E-state index in [4.69, 9.17) is 14.2 Å². The molecule has 0 spiro atoms. The summed E-state index contributed by atoms with van der Waals surface area (Å²) < 4.78 is 15.7. The van der Waals surface area contributed by atoms with Crippen LogP contribution in [0.4, 0.5) is 4.79 Å². The fourth-order valence-corrected chi connectivity index (χ4v) is 3.37. The molecular formula is C16H15NO5. The topological polar surface area (TPSA) is 65.1 Å². The number of methoxy groups -OCH3 is 1. The van der Waals surface area contributed by atoms with Crippen molar-refractivity contribution in [1.82, 2.24) is 4.90 Å². The van der Waals surface area contributed by atoms with Gasteiger partial charge in [-0.3, -0.25) is 9.69 Å². The molecule has 0 saturated carbocycles. The second-order valence-corrected chi connectivity index (χ2v) is 5.57. The fourth-order valence-electron chi connectivity index (χ4n) is 3.37. The smallest absolute Gasteiger partial charge is 0.413 e. The maximum absolute atomic E-state index is 12.0. The van der Waals surface area contributed by atoms with Crippen LogP contribution in [0.25, 0.3) is 0 Å². The summed E-state index contributed by atoms with van der Waals surface area (Å²) in [6.07, 6.45) is 2.18. The summed E-state index contributed by atoms with van der Waals surface area (Å²) in [7, 11) is 1.35. The molecule has 0 fully saturated rings. The van der Waals surface area contributed by atoms with Crippen LogP contribution in [-0.4, -0.2) is 37.2 Å². The first-order chi connectivity index (χ1) is 10.7. The van der Waals surface area contributed by atoms with Crippen LogP contribution in [0.15, 0.2) is 23.9 Å². The summed E-state index contributed by atoms with van der Waals surface area (Å²) in [5.41, 5.74) is 2.84. The molecule has 4 rings (SSSR count). The van der Waals surface area contributed by atoms with E-state index in [1.54, 1.807) is 11.0 Å². The number of nitrogens with zero attached hydrogens (tertiary/aromatic N) is 1. The number of hydrogen-bond acceptors (Lipinski definition) is 5. The number of allylic oxidation sites excluding steroid dienone is 2. The molecule has 1 amide bonds. The Hall–Kier alpha value is -2.50. The Morgan fingerprint density at radius 2 is 2.09 bits per heavy atom. The highest BCUT2D eigenvalue weighted by Crippen LogP contribution is 2.44. The predicted octanol–water partition coefficient (Wildman–Crippen LogP) is 1.98. The second kappa shape index (κ2) is 4.76. The van der Waals surface area contributed by atoms with E-state index in [-0.39, 0.29) is 18.5 Å². The lowest BCUT2D eigenvalue weighted by Crippen LogP contribution is -2.31. The van der Waals surface area contributed by atoms with Crippen LogP contribution in [0.3, 0.4) is 0 Å². The minimum atomic E-state index is -0.432. The average Bonchev–Trinajstić information content (AvgIpc) is 3.09. The Bertz CT molecular complexity index is 709. The van der Waals surface area contributed by atoms with E-state index in [0.29, 0.717) is 25.1 Å². The van der Waals surface area contributed by atoms with Crippen molar-refractivity contribution in [2.24, 2.45) is 0 Å². The Morgan fingerprint density at radius 3 is 2.86 bits per heavy atom. The Labute approximate surface area is 127 Å². The van der Waals surface area contributed by atoms with Gasteiger partial charge in [0.1, 0.15) is 0 Å². The van der Waals surface area contributed by atoms with E-state index in [1.807, 2.05) is 12.1 Å². The lowest BCUT2D eigenvalue weighted by molar-refractivity contribution is -0.114. The molecule has 114 valence electrons. The van der Waals surface area contributed by atoms with Gasteiger partial charge in [-0.25, -0.2) is 4.79 Å². The normalized spacial score (nSPS) is 21.9. The van der Waals surface area contributed by atoms with Gasteiger partial charge in [0.05, 0.1) is 7.11 Å². The van der Waals surface area contributed by atoms with Gasteiger partial charge in [0.15, 0.2) is 17.3 Å². The first kappa shape index (κ1) is 13.2. The minimum absolute atomic E-state index is 0.0272. The molecule has 6 nitrogen and oxygen atoms in total. The molecule has 0 radical (unpaired) electrons. The molecule has 6 heteroatoms. The standard InChI is InChI=1S/C16H15NO5/c1-20-16(19)17-3-2-9-4-14-15(22-8-21-14)7-11(9)12-5-10(18)6-13(12)17/h4,6-7,12H,2-3,5,8H2,1H3. The van der Waals surface area contributed by atoms with E-state index in [0.717, 1.165) is 22.6 Å². The maximum atomic E-state index is 12.0. The van der Waals surface area contributed by atoms with Crippen molar-refractivity contribution >= 4 is 11.9 Å². The van der Waals surface area contributed by atoms with Crippen molar-refractivity contribution in [2.75, 3.05) is 20.4 Å². The minimum Gasteiger partial charge on any atom is -0.454 e. The first-order valence-electron chi connectivity index (χ1n) is 7.19. The number of carbonyl (C=O) groups excluding carboxylic acids is 2. The van der Waals surface area contributed by atoms with Gasteiger partial charge < -0.3 is 14.2 Å². The van der Waals surface area contributed by atoms with Crippen LogP contribution >= 0.6 is 0 Å². The molecule has 3 aliphatic rings. The highest BCUT2D eigenvalue weighted by atomic mass is 16.7. The van der Waals surface area contributed by atoms with E-state index < -0.39 is 6.09 Å².